The Labute approximate surface area is 84.6 Å². The molecule has 2 rings (SSSR count). The van der Waals surface area contributed by atoms with Crippen molar-refractivity contribution in [1.82, 2.24) is 10.2 Å². The van der Waals surface area contributed by atoms with Crippen LogP contribution in [0.5, 0.6) is 0 Å². The number of nitrogens with one attached hydrogen (secondary N) is 1. The van der Waals surface area contributed by atoms with Crippen LogP contribution in [0, 0.1) is 0 Å². The molecule has 14 heavy (non-hydrogen) atoms. The van der Waals surface area contributed by atoms with Gasteiger partial charge in [-0.2, -0.15) is 0 Å². The zero-order valence-electron chi connectivity index (χ0n) is 8.66. The van der Waals surface area contributed by atoms with Gasteiger partial charge in [-0.1, -0.05) is 6.42 Å². The van der Waals surface area contributed by atoms with Crippen LogP contribution >= 0.6 is 0 Å². The maximum Gasteiger partial charge on any atom is 0.248 e. The third-order valence-corrected chi connectivity index (χ3v) is 3.08. The average Bonchev–Trinajstić information content (AvgIpc) is 1.98. The first-order valence-corrected chi connectivity index (χ1v) is 5.32. The first-order valence-electron chi connectivity index (χ1n) is 5.32. The zero-order valence-corrected chi connectivity index (χ0v) is 8.66. The van der Waals surface area contributed by atoms with E-state index in [0.717, 1.165) is 19.1 Å². The summed E-state index contributed by atoms with van der Waals surface area (Å²) < 4.78 is 4.80. The van der Waals surface area contributed by atoms with Crippen LogP contribution in [0.15, 0.2) is 0 Å². The lowest BCUT2D eigenvalue weighted by molar-refractivity contribution is -0.140. The number of carbonyl (C=O) groups is 1. The normalized spacial score (nSPS) is 23.1. The Bertz CT molecular complexity index is 210. The smallest absolute Gasteiger partial charge is 0.248 e. The van der Waals surface area contributed by atoms with Gasteiger partial charge in [0.15, 0.2) is 0 Å². The van der Waals surface area contributed by atoms with Crippen LogP contribution < -0.4 is 5.32 Å². The van der Waals surface area contributed by atoms with Crippen molar-refractivity contribution in [2.75, 3.05) is 26.8 Å². The lowest BCUT2D eigenvalue weighted by Crippen LogP contribution is -2.63. The highest BCUT2D eigenvalue weighted by Gasteiger charge is 2.32. The van der Waals surface area contributed by atoms with Crippen molar-refractivity contribution < 1.29 is 9.53 Å². The molecule has 0 spiro atoms. The monoisotopic (exact) mass is 198 g/mol. The standard InChI is InChI=1S/C10H18N2O2/c1-14-7-10(13)12-5-9(6-12)11-8-3-2-4-8/h8-9,11H,2-7H2,1H3. The SMILES string of the molecule is COCC(=O)N1CC(NC2CCC2)C1. The Morgan fingerprint density at radius 1 is 1.43 bits per heavy atom. The second-order valence-electron chi connectivity index (χ2n) is 4.22. The first kappa shape index (κ1) is 9.93. The Balaban J connectivity index is 1.61. The van der Waals surface area contributed by atoms with E-state index in [9.17, 15) is 4.79 Å². The van der Waals surface area contributed by atoms with Gasteiger partial charge in [0.05, 0.1) is 0 Å². The number of methoxy groups -OCH3 is 1. The molecule has 1 heterocycles. The van der Waals surface area contributed by atoms with Gasteiger partial charge in [-0.15, -0.1) is 0 Å². The molecule has 1 saturated heterocycles. The number of likely N-dealkylation sites (tertiary alicyclic amines) is 1. The average molecular weight is 198 g/mol. The molecular weight excluding hydrogens is 180 g/mol. The van der Waals surface area contributed by atoms with E-state index in [2.05, 4.69) is 5.32 Å². The summed E-state index contributed by atoms with van der Waals surface area (Å²) in [6, 6.07) is 1.25. The molecule has 4 heteroatoms. The van der Waals surface area contributed by atoms with Gasteiger partial charge in [-0.3, -0.25) is 4.79 Å². The molecule has 0 bridgehead atoms. The molecule has 1 amide bonds. The Morgan fingerprint density at radius 3 is 2.64 bits per heavy atom. The molecule has 1 N–H and O–H groups in total. The molecule has 2 aliphatic rings. The van der Waals surface area contributed by atoms with Crippen LogP contribution in [-0.4, -0.2) is 49.7 Å². The fourth-order valence-corrected chi connectivity index (χ4v) is 1.91. The van der Waals surface area contributed by atoms with Gasteiger partial charge in [0.25, 0.3) is 0 Å². The number of amides is 1. The summed E-state index contributed by atoms with van der Waals surface area (Å²) in [5.74, 6) is 0.110. The predicted molar refractivity (Wildman–Crippen MR) is 53.0 cm³/mol. The van der Waals surface area contributed by atoms with Crippen molar-refractivity contribution in [3.8, 4) is 0 Å². The third-order valence-electron chi connectivity index (χ3n) is 3.08. The van der Waals surface area contributed by atoms with E-state index in [1.54, 1.807) is 7.11 Å². The lowest BCUT2D eigenvalue weighted by Gasteiger charge is -2.43. The fraction of sp³-hybridized carbons (Fsp3) is 0.900. The van der Waals surface area contributed by atoms with Crippen molar-refractivity contribution in [3.05, 3.63) is 0 Å². The maximum absolute atomic E-state index is 11.3. The first-order chi connectivity index (χ1) is 6.79. The molecule has 0 aromatic carbocycles. The fourth-order valence-electron chi connectivity index (χ4n) is 1.91. The summed E-state index contributed by atoms with van der Waals surface area (Å²) >= 11 is 0. The van der Waals surface area contributed by atoms with Crippen LogP contribution in [0.1, 0.15) is 19.3 Å². The molecule has 0 aromatic heterocycles. The number of rotatable bonds is 4. The number of nitrogens with zero attached hydrogens (tertiary/aromatic N) is 1. The van der Waals surface area contributed by atoms with Crippen molar-refractivity contribution in [2.45, 2.75) is 31.3 Å². The van der Waals surface area contributed by atoms with Crippen molar-refractivity contribution in [2.24, 2.45) is 0 Å². The third kappa shape index (κ3) is 2.07. The van der Waals surface area contributed by atoms with Crippen LogP contribution in [-0.2, 0) is 9.53 Å². The van der Waals surface area contributed by atoms with E-state index in [4.69, 9.17) is 4.74 Å². The Morgan fingerprint density at radius 2 is 2.14 bits per heavy atom. The molecule has 0 unspecified atom stereocenters. The molecule has 1 saturated carbocycles. The number of ether oxygens (including phenoxy) is 1. The molecule has 0 atom stereocenters. The molecular formula is C10H18N2O2. The minimum Gasteiger partial charge on any atom is -0.375 e. The summed E-state index contributed by atoms with van der Waals surface area (Å²) in [4.78, 5) is 13.2. The second-order valence-corrected chi connectivity index (χ2v) is 4.22. The highest BCUT2D eigenvalue weighted by molar-refractivity contribution is 5.78. The van der Waals surface area contributed by atoms with Gasteiger partial charge in [-0.25, -0.2) is 0 Å². The molecule has 1 aliphatic carbocycles. The minimum atomic E-state index is 0.110. The summed E-state index contributed by atoms with van der Waals surface area (Å²) in [5.41, 5.74) is 0. The van der Waals surface area contributed by atoms with Gasteiger partial charge in [0.1, 0.15) is 6.61 Å². The van der Waals surface area contributed by atoms with Crippen molar-refractivity contribution >= 4 is 5.91 Å². The van der Waals surface area contributed by atoms with Crippen LogP contribution in [0.2, 0.25) is 0 Å². The quantitative estimate of drug-likeness (QED) is 0.690. The van der Waals surface area contributed by atoms with Gasteiger partial charge in [-0.05, 0) is 12.8 Å². The maximum atomic E-state index is 11.3. The van der Waals surface area contributed by atoms with E-state index in [-0.39, 0.29) is 12.5 Å². The van der Waals surface area contributed by atoms with E-state index in [0.29, 0.717) is 6.04 Å². The summed E-state index contributed by atoms with van der Waals surface area (Å²) in [7, 11) is 1.56. The van der Waals surface area contributed by atoms with Gasteiger partial charge >= 0.3 is 0 Å². The van der Waals surface area contributed by atoms with Crippen molar-refractivity contribution in [3.63, 3.8) is 0 Å². The number of hydrogen-bond acceptors (Lipinski definition) is 3. The molecule has 1 aliphatic heterocycles. The molecule has 4 nitrogen and oxygen atoms in total. The topological polar surface area (TPSA) is 41.6 Å². The molecule has 80 valence electrons. The highest BCUT2D eigenvalue weighted by Crippen LogP contribution is 2.20. The van der Waals surface area contributed by atoms with E-state index in [1.165, 1.54) is 19.3 Å². The number of carbonyl (C=O) groups excluding carboxylic acids is 1. The van der Waals surface area contributed by atoms with Gasteiger partial charge in [0, 0.05) is 32.3 Å². The van der Waals surface area contributed by atoms with Crippen LogP contribution in [0.25, 0.3) is 0 Å². The Kier molecular flexibility index (Phi) is 3.03. The van der Waals surface area contributed by atoms with Gasteiger partial charge in [0.2, 0.25) is 5.91 Å². The van der Waals surface area contributed by atoms with E-state index < -0.39 is 0 Å². The minimum absolute atomic E-state index is 0.110. The van der Waals surface area contributed by atoms with E-state index >= 15 is 0 Å². The van der Waals surface area contributed by atoms with Crippen molar-refractivity contribution in [1.29, 1.82) is 0 Å². The largest absolute Gasteiger partial charge is 0.375 e. The zero-order chi connectivity index (χ0) is 9.97. The molecule has 0 radical (unpaired) electrons. The molecule has 2 fully saturated rings. The van der Waals surface area contributed by atoms with E-state index in [1.807, 2.05) is 4.90 Å². The summed E-state index contributed by atoms with van der Waals surface area (Å²) in [6.45, 7) is 1.94. The predicted octanol–water partition coefficient (Wildman–Crippen LogP) is -0.0143. The summed E-state index contributed by atoms with van der Waals surface area (Å²) in [5, 5.41) is 3.55. The molecule has 0 aromatic rings. The summed E-state index contributed by atoms with van der Waals surface area (Å²) in [6.07, 6.45) is 3.97. The highest BCUT2D eigenvalue weighted by atomic mass is 16.5. The number of hydrogen-bond donors (Lipinski definition) is 1. The van der Waals surface area contributed by atoms with Crippen LogP contribution in [0.3, 0.4) is 0 Å². The lowest BCUT2D eigenvalue weighted by atomic mass is 9.91. The second kappa shape index (κ2) is 4.28. The van der Waals surface area contributed by atoms with Gasteiger partial charge < -0.3 is 15.0 Å². The van der Waals surface area contributed by atoms with Crippen LogP contribution in [0.4, 0.5) is 0 Å². The Hall–Kier alpha value is -0.610.